The van der Waals surface area contributed by atoms with Crippen LogP contribution in [-0.2, 0) is 15.1 Å². The standard InChI is InChI=1S/C18H21F4N3O2/c1-15(2)16(3,25-13(23)9-27-15)11-8-10(4-5-12(11)19)24-14(26)17(6-7-17)18(20,21)22/h4-5,8H,6-7,9H2,1-3H3,(H2,23,25)(H,24,26)/t16-/m1/s1. The quantitative estimate of drug-likeness (QED) is 0.780. The molecule has 1 fully saturated rings. The van der Waals surface area contributed by atoms with E-state index in [0.29, 0.717) is 0 Å². The van der Waals surface area contributed by atoms with Crippen LogP contribution in [0.4, 0.5) is 23.2 Å². The molecule has 3 rings (SSSR count). The number of amidine groups is 1. The first-order chi connectivity index (χ1) is 12.3. The largest absolute Gasteiger partial charge is 0.403 e. The number of hydrogen-bond donors (Lipinski definition) is 2. The first-order valence-corrected chi connectivity index (χ1v) is 8.49. The zero-order valence-electron chi connectivity index (χ0n) is 15.2. The van der Waals surface area contributed by atoms with Gasteiger partial charge in [-0.2, -0.15) is 13.2 Å². The van der Waals surface area contributed by atoms with Crippen LogP contribution in [0.2, 0.25) is 0 Å². The van der Waals surface area contributed by atoms with Crippen molar-refractivity contribution in [2.75, 3.05) is 11.9 Å². The Balaban J connectivity index is 1.96. The average molecular weight is 387 g/mol. The summed E-state index contributed by atoms with van der Waals surface area (Å²) in [4.78, 5) is 16.5. The van der Waals surface area contributed by atoms with Gasteiger partial charge in [-0.25, -0.2) is 4.39 Å². The molecule has 0 radical (unpaired) electrons. The number of nitrogens with two attached hydrogens (primary N) is 1. The monoisotopic (exact) mass is 387 g/mol. The van der Waals surface area contributed by atoms with Gasteiger partial charge in [0.05, 0.1) is 5.60 Å². The minimum absolute atomic E-state index is 0.0586. The Labute approximate surface area is 154 Å². The second-order valence-electron chi connectivity index (χ2n) is 7.70. The molecular formula is C18H21F4N3O2. The van der Waals surface area contributed by atoms with Gasteiger partial charge in [-0.15, -0.1) is 0 Å². The van der Waals surface area contributed by atoms with E-state index in [1.165, 1.54) is 12.1 Å². The van der Waals surface area contributed by atoms with Crippen molar-refractivity contribution >= 4 is 17.4 Å². The Morgan fingerprint density at radius 1 is 1.26 bits per heavy atom. The predicted molar refractivity (Wildman–Crippen MR) is 91.8 cm³/mol. The number of benzene rings is 1. The number of ether oxygens (including phenoxy) is 1. The molecule has 5 nitrogen and oxygen atoms in total. The van der Waals surface area contributed by atoms with Crippen molar-refractivity contribution < 1.29 is 27.1 Å². The Kier molecular flexibility index (Phi) is 4.30. The third-order valence-corrected chi connectivity index (χ3v) is 5.60. The lowest BCUT2D eigenvalue weighted by Crippen LogP contribution is -2.52. The fourth-order valence-electron chi connectivity index (χ4n) is 3.22. The normalized spacial score (nSPS) is 26.3. The molecule has 1 aromatic carbocycles. The van der Waals surface area contributed by atoms with Gasteiger partial charge in [-0.05, 0) is 51.8 Å². The van der Waals surface area contributed by atoms with Crippen LogP contribution in [0.1, 0.15) is 39.2 Å². The van der Waals surface area contributed by atoms with Gasteiger partial charge in [-0.3, -0.25) is 9.79 Å². The summed E-state index contributed by atoms with van der Waals surface area (Å²) >= 11 is 0. The molecule has 1 aliphatic heterocycles. The molecule has 9 heteroatoms. The van der Waals surface area contributed by atoms with Gasteiger partial charge >= 0.3 is 6.18 Å². The maximum atomic E-state index is 14.6. The number of rotatable bonds is 3. The number of aliphatic imine (C=N–C) groups is 1. The Morgan fingerprint density at radius 3 is 2.44 bits per heavy atom. The van der Waals surface area contributed by atoms with Crippen LogP contribution >= 0.6 is 0 Å². The smallest absolute Gasteiger partial charge is 0.386 e. The number of halogens is 4. The van der Waals surface area contributed by atoms with Gasteiger partial charge in [-0.1, -0.05) is 0 Å². The molecule has 0 bridgehead atoms. The zero-order chi connectivity index (χ0) is 20.3. The number of nitrogens with one attached hydrogen (secondary N) is 1. The maximum Gasteiger partial charge on any atom is 0.403 e. The molecule has 1 amide bonds. The molecule has 1 saturated carbocycles. The van der Waals surface area contributed by atoms with E-state index < -0.39 is 34.5 Å². The topological polar surface area (TPSA) is 76.7 Å². The van der Waals surface area contributed by atoms with E-state index in [4.69, 9.17) is 10.5 Å². The van der Waals surface area contributed by atoms with Crippen LogP contribution in [0.15, 0.2) is 23.2 Å². The van der Waals surface area contributed by atoms with Gasteiger partial charge in [0.1, 0.15) is 29.2 Å². The second kappa shape index (κ2) is 5.92. The Bertz CT molecular complexity index is 815. The number of alkyl halides is 3. The molecule has 0 spiro atoms. The minimum atomic E-state index is -4.62. The van der Waals surface area contributed by atoms with E-state index in [1.54, 1.807) is 20.8 Å². The van der Waals surface area contributed by atoms with Crippen LogP contribution in [0.5, 0.6) is 0 Å². The zero-order valence-corrected chi connectivity index (χ0v) is 15.2. The van der Waals surface area contributed by atoms with Crippen molar-refractivity contribution in [3.63, 3.8) is 0 Å². The van der Waals surface area contributed by atoms with Crippen LogP contribution in [0.25, 0.3) is 0 Å². The van der Waals surface area contributed by atoms with E-state index in [9.17, 15) is 22.4 Å². The van der Waals surface area contributed by atoms with Crippen LogP contribution in [0, 0.1) is 11.2 Å². The number of hydrogen-bond acceptors (Lipinski definition) is 4. The van der Waals surface area contributed by atoms with Crippen molar-refractivity contribution in [2.24, 2.45) is 16.1 Å². The summed E-state index contributed by atoms with van der Waals surface area (Å²) in [6.45, 7) is 5.16. The highest BCUT2D eigenvalue weighted by Crippen LogP contribution is 2.58. The van der Waals surface area contributed by atoms with Crippen molar-refractivity contribution in [3.05, 3.63) is 29.6 Å². The molecule has 0 saturated heterocycles. The van der Waals surface area contributed by atoms with Gasteiger partial charge in [0, 0.05) is 11.3 Å². The highest BCUT2D eigenvalue weighted by atomic mass is 19.4. The molecule has 148 valence electrons. The molecule has 3 N–H and O–H groups in total. The lowest BCUT2D eigenvalue weighted by Gasteiger charge is -2.44. The Hall–Kier alpha value is -2.16. The first-order valence-electron chi connectivity index (χ1n) is 8.49. The highest BCUT2D eigenvalue weighted by Gasteiger charge is 2.68. The van der Waals surface area contributed by atoms with E-state index in [2.05, 4.69) is 10.3 Å². The van der Waals surface area contributed by atoms with Crippen molar-refractivity contribution in [2.45, 2.75) is 50.9 Å². The fourth-order valence-corrected chi connectivity index (χ4v) is 3.22. The lowest BCUT2D eigenvalue weighted by molar-refractivity contribution is -0.189. The SMILES string of the molecule is CC1(C)OCC(N)=N[C@]1(C)c1cc(NC(=O)C2(C(F)(F)F)CC2)ccc1F. The van der Waals surface area contributed by atoms with E-state index in [0.717, 1.165) is 6.07 Å². The summed E-state index contributed by atoms with van der Waals surface area (Å²) in [6.07, 6.45) is -5.13. The summed E-state index contributed by atoms with van der Waals surface area (Å²) in [5, 5.41) is 2.27. The minimum Gasteiger partial charge on any atom is -0.386 e. The fraction of sp³-hybridized carbons (Fsp3) is 0.556. The third kappa shape index (κ3) is 3.07. The molecular weight excluding hydrogens is 366 g/mol. The summed E-state index contributed by atoms with van der Waals surface area (Å²) in [7, 11) is 0. The van der Waals surface area contributed by atoms with Crippen LogP contribution in [-0.4, -0.2) is 30.1 Å². The summed E-state index contributed by atoms with van der Waals surface area (Å²) < 4.78 is 59.6. The van der Waals surface area contributed by atoms with Gasteiger partial charge in [0.15, 0.2) is 0 Å². The van der Waals surface area contributed by atoms with Crippen molar-refractivity contribution in [1.29, 1.82) is 0 Å². The number of nitrogens with zero attached hydrogens (tertiary/aromatic N) is 1. The van der Waals surface area contributed by atoms with Gasteiger partial charge < -0.3 is 15.8 Å². The van der Waals surface area contributed by atoms with Crippen LogP contribution < -0.4 is 11.1 Å². The molecule has 1 aliphatic carbocycles. The van der Waals surface area contributed by atoms with E-state index >= 15 is 0 Å². The second-order valence-corrected chi connectivity index (χ2v) is 7.70. The van der Waals surface area contributed by atoms with E-state index in [1.807, 2.05) is 0 Å². The molecule has 1 heterocycles. The van der Waals surface area contributed by atoms with Crippen molar-refractivity contribution in [3.8, 4) is 0 Å². The summed E-state index contributed by atoms with van der Waals surface area (Å²) in [5.41, 5.74) is 1.38. The molecule has 1 atom stereocenters. The first kappa shape index (κ1) is 19.6. The number of amides is 1. The predicted octanol–water partition coefficient (Wildman–Crippen LogP) is 3.49. The maximum absolute atomic E-state index is 14.6. The number of anilines is 1. The molecule has 1 aromatic rings. The number of carbonyl (C=O) groups is 1. The third-order valence-electron chi connectivity index (χ3n) is 5.60. The molecule has 2 aliphatic rings. The Morgan fingerprint density at radius 2 is 1.89 bits per heavy atom. The summed E-state index contributed by atoms with van der Waals surface area (Å²) in [5.74, 6) is -1.58. The van der Waals surface area contributed by atoms with Gasteiger partial charge in [0.25, 0.3) is 0 Å². The molecule has 0 aromatic heterocycles. The van der Waals surface area contributed by atoms with E-state index in [-0.39, 0.29) is 36.5 Å². The summed E-state index contributed by atoms with van der Waals surface area (Å²) in [6, 6.07) is 3.59. The lowest BCUT2D eigenvalue weighted by atomic mass is 9.77. The molecule has 27 heavy (non-hydrogen) atoms. The number of carbonyl (C=O) groups excluding carboxylic acids is 1. The average Bonchev–Trinajstić information content (AvgIpc) is 3.35. The molecule has 0 unspecified atom stereocenters. The van der Waals surface area contributed by atoms with Crippen molar-refractivity contribution in [1.82, 2.24) is 0 Å². The van der Waals surface area contributed by atoms with Crippen LogP contribution in [0.3, 0.4) is 0 Å². The van der Waals surface area contributed by atoms with Gasteiger partial charge in [0.2, 0.25) is 5.91 Å². The highest BCUT2D eigenvalue weighted by molar-refractivity contribution is 5.98.